The molecular formula is C20H29FN4O2. The van der Waals surface area contributed by atoms with Crippen molar-refractivity contribution in [1.29, 1.82) is 0 Å². The molecule has 0 saturated carbocycles. The van der Waals surface area contributed by atoms with Gasteiger partial charge in [0.2, 0.25) is 0 Å². The van der Waals surface area contributed by atoms with Gasteiger partial charge in [-0.1, -0.05) is 12.1 Å². The molecule has 0 bridgehead atoms. The first kappa shape index (κ1) is 19.6. The summed E-state index contributed by atoms with van der Waals surface area (Å²) in [4.78, 5) is 31.2. The van der Waals surface area contributed by atoms with Gasteiger partial charge in [0.1, 0.15) is 5.82 Å². The zero-order chi connectivity index (χ0) is 19.8. The van der Waals surface area contributed by atoms with Crippen LogP contribution in [-0.2, 0) is 0 Å². The van der Waals surface area contributed by atoms with Crippen LogP contribution in [0.4, 0.5) is 9.18 Å². The number of hydrogen-bond acceptors (Lipinski definition) is 3. The van der Waals surface area contributed by atoms with Crippen LogP contribution < -0.4 is 5.32 Å². The van der Waals surface area contributed by atoms with E-state index < -0.39 is 5.82 Å². The molecule has 1 N–H and O–H groups in total. The van der Waals surface area contributed by atoms with Crippen molar-refractivity contribution in [3.05, 3.63) is 35.6 Å². The van der Waals surface area contributed by atoms with Gasteiger partial charge in [-0.2, -0.15) is 0 Å². The van der Waals surface area contributed by atoms with Crippen molar-refractivity contribution in [2.75, 3.05) is 32.7 Å². The maximum absolute atomic E-state index is 14.1. The van der Waals surface area contributed by atoms with E-state index in [2.05, 4.69) is 24.1 Å². The Bertz CT molecular complexity index is 722. The Morgan fingerprint density at radius 1 is 1.15 bits per heavy atom. The van der Waals surface area contributed by atoms with E-state index >= 15 is 0 Å². The number of nitrogens with one attached hydrogen (secondary N) is 1. The molecule has 2 fully saturated rings. The smallest absolute Gasteiger partial charge is 0.317 e. The number of carbonyl (C=O) groups excluding carboxylic acids is 2. The number of benzene rings is 1. The average Bonchev–Trinajstić information content (AvgIpc) is 2.60. The highest BCUT2D eigenvalue weighted by Gasteiger charge is 2.44. The molecule has 1 aromatic rings. The van der Waals surface area contributed by atoms with Crippen molar-refractivity contribution in [3.63, 3.8) is 0 Å². The number of hydrogen-bond donors (Lipinski definition) is 1. The SMILES string of the molecule is CC(C)NC(=O)N1CCN2[C@@H](C1)CN(C(=O)c1ccccc1F)CC2(C)C. The fourth-order valence-electron chi connectivity index (χ4n) is 4.17. The fraction of sp³-hybridized carbons (Fsp3) is 0.600. The molecule has 3 rings (SSSR count). The van der Waals surface area contributed by atoms with Crippen molar-refractivity contribution in [1.82, 2.24) is 20.0 Å². The second-order valence-electron chi connectivity index (χ2n) is 8.38. The molecule has 0 radical (unpaired) electrons. The molecule has 3 amide bonds. The van der Waals surface area contributed by atoms with Crippen molar-refractivity contribution in [2.24, 2.45) is 0 Å². The average molecular weight is 376 g/mol. The summed E-state index contributed by atoms with van der Waals surface area (Å²) in [6, 6.07) is 6.15. The number of fused-ring (bicyclic) bond motifs is 1. The number of piperazine rings is 2. The lowest BCUT2D eigenvalue weighted by Gasteiger charge is -2.55. The standard InChI is InChI=1S/C20H29FN4O2/c1-14(2)22-19(27)23-9-10-25-15(11-23)12-24(13-20(25,3)4)18(26)16-7-5-6-8-17(16)21/h5-8,14-15H,9-13H2,1-4H3,(H,22,27)/t15-/m0/s1. The highest BCUT2D eigenvalue weighted by atomic mass is 19.1. The maximum Gasteiger partial charge on any atom is 0.317 e. The van der Waals surface area contributed by atoms with E-state index in [1.54, 1.807) is 17.0 Å². The third kappa shape index (κ3) is 4.08. The highest BCUT2D eigenvalue weighted by Crippen LogP contribution is 2.29. The Labute approximate surface area is 160 Å². The van der Waals surface area contributed by atoms with E-state index in [4.69, 9.17) is 0 Å². The molecule has 2 saturated heterocycles. The van der Waals surface area contributed by atoms with Gasteiger partial charge in [0, 0.05) is 50.3 Å². The second kappa shape index (κ2) is 7.46. The van der Waals surface area contributed by atoms with E-state index in [-0.39, 0.29) is 35.1 Å². The summed E-state index contributed by atoms with van der Waals surface area (Å²) in [5, 5.41) is 2.93. The second-order valence-corrected chi connectivity index (χ2v) is 8.38. The molecule has 7 heteroatoms. The van der Waals surface area contributed by atoms with Crippen LogP contribution in [0, 0.1) is 5.82 Å². The topological polar surface area (TPSA) is 55.9 Å². The lowest BCUT2D eigenvalue weighted by molar-refractivity contribution is -0.0483. The largest absolute Gasteiger partial charge is 0.336 e. The van der Waals surface area contributed by atoms with E-state index in [0.717, 1.165) is 6.54 Å². The monoisotopic (exact) mass is 376 g/mol. The molecule has 27 heavy (non-hydrogen) atoms. The minimum absolute atomic E-state index is 0.0381. The Balaban J connectivity index is 1.77. The molecule has 2 aliphatic heterocycles. The zero-order valence-electron chi connectivity index (χ0n) is 16.5. The van der Waals surface area contributed by atoms with Gasteiger partial charge < -0.3 is 15.1 Å². The summed E-state index contributed by atoms with van der Waals surface area (Å²) in [5.74, 6) is -0.783. The number of rotatable bonds is 2. The summed E-state index contributed by atoms with van der Waals surface area (Å²) >= 11 is 0. The molecule has 148 valence electrons. The van der Waals surface area contributed by atoms with Gasteiger partial charge in [-0.15, -0.1) is 0 Å². The first-order valence-corrected chi connectivity index (χ1v) is 9.55. The number of carbonyl (C=O) groups is 2. The summed E-state index contributed by atoms with van der Waals surface area (Å²) in [6.07, 6.45) is 0. The first-order valence-electron chi connectivity index (χ1n) is 9.55. The predicted molar refractivity (Wildman–Crippen MR) is 102 cm³/mol. The van der Waals surface area contributed by atoms with Crippen LogP contribution in [0.5, 0.6) is 0 Å². The Hall–Kier alpha value is -2.15. The number of urea groups is 1. The van der Waals surface area contributed by atoms with Gasteiger partial charge >= 0.3 is 6.03 Å². The summed E-state index contributed by atoms with van der Waals surface area (Å²) in [7, 11) is 0. The van der Waals surface area contributed by atoms with Gasteiger partial charge in [0.15, 0.2) is 0 Å². The zero-order valence-corrected chi connectivity index (χ0v) is 16.5. The van der Waals surface area contributed by atoms with Crippen molar-refractivity contribution in [2.45, 2.75) is 45.3 Å². The van der Waals surface area contributed by atoms with Gasteiger partial charge in [-0.05, 0) is 39.8 Å². The molecule has 1 aromatic carbocycles. The van der Waals surface area contributed by atoms with Crippen LogP contribution in [-0.4, -0.2) is 77.0 Å². The lowest BCUT2D eigenvalue weighted by Crippen LogP contribution is -2.71. The Morgan fingerprint density at radius 3 is 2.48 bits per heavy atom. The lowest BCUT2D eigenvalue weighted by atomic mass is 9.92. The number of amides is 3. The maximum atomic E-state index is 14.1. The van der Waals surface area contributed by atoms with Gasteiger partial charge in [0.05, 0.1) is 5.56 Å². The van der Waals surface area contributed by atoms with E-state index in [1.807, 2.05) is 18.7 Å². The van der Waals surface area contributed by atoms with Crippen molar-refractivity contribution in [3.8, 4) is 0 Å². The van der Waals surface area contributed by atoms with Crippen molar-refractivity contribution < 1.29 is 14.0 Å². The van der Waals surface area contributed by atoms with Gasteiger partial charge in [-0.25, -0.2) is 9.18 Å². The quantitative estimate of drug-likeness (QED) is 0.861. The molecule has 2 aliphatic rings. The summed E-state index contributed by atoms with van der Waals surface area (Å²) in [5.41, 5.74) is -0.128. The third-order valence-electron chi connectivity index (χ3n) is 5.36. The molecule has 1 atom stereocenters. The summed E-state index contributed by atoms with van der Waals surface area (Å²) in [6.45, 7) is 11.1. The Kier molecular flexibility index (Phi) is 5.42. The highest BCUT2D eigenvalue weighted by molar-refractivity contribution is 5.94. The van der Waals surface area contributed by atoms with E-state index in [0.29, 0.717) is 26.2 Å². The van der Waals surface area contributed by atoms with Crippen LogP contribution in [0.2, 0.25) is 0 Å². The van der Waals surface area contributed by atoms with Gasteiger partial charge in [-0.3, -0.25) is 9.69 Å². The van der Waals surface area contributed by atoms with Crippen LogP contribution in [0.1, 0.15) is 38.1 Å². The fourth-order valence-corrected chi connectivity index (χ4v) is 4.17. The first-order chi connectivity index (χ1) is 12.7. The van der Waals surface area contributed by atoms with Crippen molar-refractivity contribution >= 4 is 11.9 Å². The van der Waals surface area contributed by atoms with E-state index in [9.17, 15) is 14.0 Å². The molecule has 0 aliphatic carbocycles. The van der Waals surface area contributed by atoms with E-state index in [1.165, 1.54) is 12.1 Å². The van der Waals surface area contributed by atoms with Crippen LogP contribution in [0.15, 0.2) is 24.3 Å². The molecule has 0 unspecified atom stereocenters. The minimum atomic E-state index is -0.496. The summed E-state index contributed by atoms with van der Waals surface area (Å²) < 4.78 is 14.1. The Morgan fingerprint density at radius 2 is 1.81 bits per heavy atom. The van der Waals surface area contributed by atoms with Crippen LogP contribution in [0.3, 0.4) is 0 Å². The molecule has 6 nitrogen and oxygen atoms in total. The molecule has 0 spiro atoms. The predicted octanol–water partition coefficient (Wildman–Crippen LogP) is 2.16. The van der Waals surface area contributed by atoms with Gasteiger partial charge in [0.25, 0.3) is 5.91 Å². The minimum Gasteiger partial charge on any atom is -0.336 e. The molecular weight excluding hydrogens is 347 g/mol. The normalized spacial score (nSPS) is 22.5. The molecule has 0 aromatic heterocycles. The number of nitrogens with zero attached hydrogens (tertiary/aromatic N) is 3. The molecule has 2 heterocycles. The van der Waals surface area contributed by atoms with Crippen LogP contribution in [0.25, 0.3) is 0 Å². The third-order valence-corrected chi connectivity index (χ3v) is 5.36. The van der Waals surface area contributed by atoms with Crippen LogP contribution >= 0.6 is 0 Å². The number of halogens is 1.